The molecule has 2 rings (SSSR count). The third-order valence-corrected chi connectivity index (χ3v) is 3.18. The summed E-state index contributed by atoms with van der Waals surface area (Å²) in [7, 11) is 0. The third kappa shape index (κ3) is 1.97. The Bertz CT molecular complexity index is 465. The van der Waals surface area contributed by atoms with Crippen molar-refractivity contribution in [3.8, 4) is 0 Å². The molecule has 0 bridgehead atoms. The van der Waals surface area contributed by atoms with E-state index in [1.807, 2.05) is 19.1 Å². The molecule has 1 aliphatic rings. The van der Waals surface area contributed by atoms with Gasteiger partial charge in [0.2, 0.25) is 0 Å². The van der Waals surface area contributed by atoms with Crippen LogP contribution in [0.1, 0.15) is 42.1 Å². The monoisotopic (exact) mass is 231 g/mol. The van der Waals surface area contributed by atoms with Gasteiger partial charge >= 0.3 is 0 Å². The van der Waals surface area contributed by atoms with Crippen LogP contribution in [0.4, 0.5) is 5.69 Å². The summed E-state index contributed by atoms with van der Waals surface area (Å²) in [5, 5.41) is 0. The predicted octanol–water partition coefficient (Wildman–Crippen LogP) is 2.71. The van der Waals surface area contributed by atoms with E-state index in [0.29, 0.717) is 12.1 Å². The molecule has 90 valence electrons. The summed E-state index contributed by atoms with van der Waals surface area (Å²) in [6.45, 7) is 4.71. The van der Waals surface area contributed by atoms with E-state index >= 15 is 0 Å². The number of benzene rings is 1. The Balaban J connectivity index is 2.30. The number of carbonyl (C=O) groups is 2. The number of nitrogens with zero attached hydrogens (tertiary/aromatic N) is 1. The molecule has 1 aliphatic heterocycles. The van der Waals surface area contributed by atoms with Crippen molar-refractivity contribution in [3.05, 3.63) is 29.3 Å². The summed E-state index contributed by atoms with van der Waals surface area (Å²) in [4.78, 5) is 25.3. The number of para-hydroxylation sites is 1. The topological polar surface area (TPSA) is 37.4 Å². The Labute approximate surface area is 101 Å². The first-order valence-electron chi connectivity index (χ1n) is 6.12. The average Bonchev–Trinajstić information content (AvgIpc) is 2.56. The standard InChI is InChI=1S/C14H17NO2/c1-3-4-5-9-15-12-10(2)7-6-8-11(12)13(16)14(15)17/h6-8H,3-5,9H2,1-2H3. The smallest absolute Gasteiger partial charge is 0.299 e. The molecule has 0 N–H and O–H groups in total. The zero-order valence-corrected chi connectivity index (χ0v) is 10.3. The number of anilines is 1. The molecule has 1 aromatic rings. The fraction of sp³-hybridized carbons (Fsp3) is 0.429. The van der Waals surface area contributed by atoms with Gasteiger partial charge in [-0.1, -0.05) is 31.9 Å². The van der Waals surface area contributed by atoms with E-state index in [9.17, 15) is 9.59 Å². The molecule has 3 heteroatoms. The molecule has 0 saturated heterocycles. The minimum atomic E-state index is -0.370. The van der Waals surface area contributed by atoms with Crippen LogP contribution in [-0.4, -0.2) is 18.2 Å². The molecule has 0 radical (unpaired) electrons. The van der Waals surface area contributed by atoms with E-state index in [1.165, 1.54) is 0 Å². The number of hydrogen-bond acceptors (Lipinski definition) is 2. The number of amides is 1. The van der Waals surface area contributed by atoms with Crippen LogP contribution in [-0.2, 0) is 4.79 Å². The molecular formula is C14H17NO2. The molecule has 0 spiro atoms. The van der Waals surface area contributed by atoms with Crippen molar-refractivity contribution in [3.63, 3.8) is 0 Å². The van der Waals surface area contributed by atoms with Gasteiger partial charge in [-0.05, 0) is 25.0 Å². The van der Waals surface area contributed by atoms with Gasteiger partial charge in [-0.15, -0.1) is 0 Å². The van der Waals surface area contributed by atoms with Gasteiger partial charge in [0.05, 0.1) is 11.3 Å². The predicted molar refractivity (Wildman–Crippen MR) is 67.4 cm³/mol. The first-order valence-corrected chi connectivity index (χ1v) is 6.12. The van der Waals surface area contributed by atoms with Crippen LogP contribution in [0.15, 0.2) is 18.2 Å². The van der Waals surface area contributed by atoms with Gasteiger partial charge in [0.15, 0.2) is 0 Å². The fourth-order valence-electron chi connectivity index (χ4n) is 2.27. The number of aryl methyl sites for hydroxylation is 1. The highest BCUT2D eigenvalue weighted by Gasteiger charge is 2.36. The number of fused-ring (bicyclic) bond motifs is 1. The molecule has 17 heavy (non-hydrogen) atoms. The normalized spacial score (nSPS) is 14.4. The second kappa shape index (κ2) is 4.70. The van der Waals surface area contributed by atoms with Gasteiger partial charge in [-0.2, -0.15) is 0 Å². The summed E-state index contributed by atoms with van der Waals surface area (Å²) in [5.74, 6) is -0.731. The quantitative estimate of drug-likeness (QED) is 0.590. The molecular weight excluding hydrogens is 214 g/mol. The lowest BCUT2D eigenvalue weighted by Crippen LogP contribution is -2.30. The lowest BCUT2D eigenvalue weighted by atomic mass is 10.1. The zero-order valence-electron chi connectivity index (χ0n) is 10.3. The number of unbranched alkanes of at least 4 members (excludes halogenated alkanes) is 2. The Morgan fingerprint density at radius 1 is 1.18 bits per heavy atom. The maximum Gasteiger partial charge on any atom is 0.299 e. The van der Waals surface area contributed by atoms with Gasteiger partial charge in [-0.25, -0.2) is 0 Å². The van der Waals surface area contributed by atoms with Crippen LogP contribution >= 0.6 is 0 Å². The lowest BCUT2D eigenvalue weighted by molar-refractivity contribution is -0.114. The van der Waals surface area contributed by atoms with E-state index in [4.69, 9.17) is 0 Å². The van der Waals surface area contributed by atoms with Gasteiger partial charge in [-0.3, -0.25) is 9.59 Å². The van der Waals surface area contributed by atoms with Crippen molar-refractivity contribution in [2.24, 2.45) is 0 Å². The summed E-state index contributed by atoms with van der Waals surface area (Å²) in [5.41, 5.74) is 2.38. The van der Waals surface area contributed by atoms with Gasteiger partial charge in [0.1, 0.15) is 0 Å². The van der Waals surface area contributed by atoms with Crippen LogP contribution < -0.4 is 4.90 Å². The summed E-state index contributed by atoms with van der Waals surface area (Å²) in [6, 6.07) is 5.51. The average molecular weight is 231 g/mol. The van der Waals surface area contributed by atoms with Crippen molar-refractivity contribution >= 4 is 17.4 Å². The molecule has 1 aromatic carbocycles. The van der Waals surface area contributed by atoms with E-state index in [2.05, 4.69) is 6.92 Å². The number of carbonyl (C=O) groups excluding carboxylic acids is 2. The Morgan fingerprint density at radius 2 is 1.94 bits per heavy atom. The van der Waals surface area contributed by atoms with Crippen LogP contribution in [0.3, 0.4) is 0 Å². The minimum Gasteiger partial charge on any atom is -0.304 e. The summed E-state index contributed by atoms with van der Waals surface area (Å²) >= 11 is 0. The van der Waals surface area contributed by atoms with Gasteiger partial charge in [0.25, 0.3) is 11.7 Å². The number of Topliss-reactive ketones (excluding diaryl/α,β-unsaturated/α-hetero) is 1. The molecule has 0 aromatic heterocycles. The molecule has 1 heterocycles. The number of rotatable bonds is 4. The van der Waals surface area contributed by atoms with E-state index in [-0.39, 0.29) is 11.7 Å². The van der Waals surface area contributed by atoms with E-state index in [0.717, 1.165) is 30.5 Å². The zero-order chi connectivity index (χ0) is 12.4. The van der Waals surface area contributed by atoms with Crippen LogP contribution in [0.25, 0.3) is 0 Å². The minimum absolute atomic E-state index is 0.361. The number of hydrogen-bond donors (Lipinski definition) is 0. The molecule has 0 atom stereocenters. The Morgan fingerprint density at radius 3 is 2.65 bits per heavy atom. The second-order valence-electron chi connectivity index (χ2n) is 4.46. The van der Waals surface area contributed by atoms with Crippen molar-refractivity contribution < 1.29 is 9.59 Å². The van der Waals surface area contributed by atoms with Crippen molar-refractivity contribution in [2.75, 3.05) is 11.4 Å². The van der Waals surface area contributed by atoms with Crippen molar-refractivity contribution in [2.45, 2.75) is 33.1 Å². The SMILES string of the molecule is CCCCCN1C(=O)C(=O)c2cccc(C)c21. The van der Waals surface area contributed by atoms with Crippen molar-refractivity contribution in [1.82, 2.24) is 0 Å². The molecule has 0 saturated carbocycles. The molecule has 0 aliphatic carbocycles. The van der Waals surface area contributed by atoms with Gasteiger partial charge in [0, 0.05) is 6.54 Å². The van der Waals surface area contributed by atoms with E-state index < -0.39 is 0 Å². The highest BCUT2D eigenvalue weighted by molar-refractivity contribution is 6.52. The van der Waals surface area contributed by atoms with Crippen LogP contribution in [0.5, 0.6) is 0 Å². The van der Waals surface area contributed by atoms with Crippen LogP contribution in [0.2, 0.25) is 0 Å². The first-order chi connectivity index (χ1) is 8.16. The lowest BCUT2D eigenvalue weighted by Gasteiger charge is -2.18. The highest BCUT2D eigenvalue weighted by Crippen LogP contribution is 2.32. The molecule has 0 fully saturated rings. The molecule has 3 nitrogen and oxygen atoms in total. The largest absolute Gasteiger partial charge is 0.304 e. The van der Waals surface area contributed by atoms with Crippen molar-refractivity contribution in [1.29, 1.82) is 0 Å². The summed E-state index contributed by atoms with van der Waals surface area (Å²) < 4.78 is 0. The Hall–Kier alpha value is -1.64. The maximum absolute atomic E-state index is 11.9. The number of ketones is 1. The fourth-order valence-corrected chi connectivity index (χ4v) is 2.27. The first kappa shape index (κ1) is 11.8. The third-order valence-electron chi connectivity index (χ3n) is 3.18. The highest BCUT2D eigenvalue weighted by atomic mass is 16.2. The van der Waals surface area contributed by atoms with Crippen LogP contribution in [0, 0.1) is 6.92 Å². The maximum atomic E-state index is 11.9. The Kier molecular flexibility index (Phi) is 3.27. The summed E-state index contributed by atoms with van der Waals surface area (Å²) in [6.07, 6.45) is 3.14. The second-order valence-corrected chi connectivity index (χ2v) is 4.46. The van der Waals surface area contributed by atoms with Gasteiger partial charge < -0.3 is 4.90 Å². The molecule has 0 unspecified atom stereocenters. The molecule has 1 amide bonds. The van der Waals surface area contributed by atoms with E-state index in [1.54, 1.807) is 11.0 Å².